The lowest BCUT2D eigenvalue weighted by Crippen LogP contribution is -2.42. The first-order valence-corrected chi connectivity index (χ1v) is 8.18. The van der Waals surface area contributed by atoms with Crippen molar-refractivity contribution in [3.8, 4) is 11.5 Å². The van der Waals surface area contributed by atoms with Crippen molar-refractivity contribution in [2.24, 2.45) is 0 Å². The smallest absolute Gasteiger partial charge is 0.338 e. The van der Waals surface area contributed by atoms with Gasteiger partial charge in [-0.3, -0.25) is 4.79 Å². The van der Waals surface area contributed by atoms with Crippen LogP contribution in [0, 0.1) is 0 Å². The van der Waals surface area contributed by atoms with Gasteiger partial charge < -0.3 is 24.6 Å². The van der Waals surface area contributed by atoms with Crippen molar-refractivity contribution in [2.75, 3.05) is 19.8 Å². The maximum atomic E-state index is 11.9. The van der Waals surface area contributed by atoms with Crippen molar-refractivity contribution in [1.82, 2.24) is 5.32 Å². The molecule has 1 heterocycles. The van der Waals surface area contributed by atoms with Gasteiger partial charge in [0, 0.05) is 0 Å². The fraction of sp³-hybridized carbons (Fsp3) is 0.263. The zero-order valence-corrected chi connectivity index (χ0v) is 14.0. The first-order chi connectivity index (χ1) is 12.7. The first kappa shape index (κ1) is 17.8. The van der Waals surface area contributed by atoms with Crippen LogP contribution in [0.1, 0.15) is 15.9 Å². The number of amides is 1. The average molecular weight is 357 g/mol. The quantitative estimate of drug-likeness (QED) is 0.757. The Bertz CT molecular complexity index is 774. The molecule has 0 unspecified atom stereocenters. The monoisotopic (exact) mass is 357 g/mol. The number of hydrogen-bond donors (Lipinski definition) is 2. The first-order valence-electron chi connectivity index (χ1n) is 8.18. The van der Waals surface area contributed by atoms with E-state index in [0.29, 0.717) is 29.2 Å². The number of rotatable bonds is 6. The van der Waals surface area contributed by atoms with Gasteiger partial charge in [0.05, 0.1) is 18.7 Å². The molecule has 0 aliphatic carbocycles. The van der Waals surface area contributed by atoms with E-state index < -0.39 is 11.9 Å². The number of para-hydroxylation sites is 2. The maximum Gasteiger partial charge on any atom is 0.338 e. The molecule has 136 valence electrons. The van der Waals surface area contributed by atoms with E-state index in [9.17, 15) is 9.59 Å². The number of fused-ring (bicyclic) bond motifs is 1. The minimum atomic E-state index is -0.601. The van der Waals surface area contributed by atoms with E-state index in [4.69, 9.17) is 19.3 Å². The lowest BCUT2D eigenvalue weighted by Gasteiger charge is -2.26. The van der Waals surface area contributed by atoms with Crippen LogP contribution in [0.4, 0.5) is 0 Å². The van der Waals surface area contributed by atoms with Crippen LogP contribution in [-0.2, 0) is 16.1 Å². The predicted octanol–water partition coefficient (Wildman–Crippen LogP) is 1.29. The van der Waals surface area contributed by atoms with Crippen molar-refractivity contribution in [3.05, 3.63) is 59.7 Å². The van der Waals surface area contributed by atoms with Crippen LogP contribution in [0.3, 0.4) is 0 Å². The number of ether oxygens (including phenoxy) is 3. The molecule has 2 aromatic rings. The largest absolute Gasteiger partial charge is 0.486 e. The summed E-state index contributed by atoms with van der Waals surface area (Å²) in [5, 5.41) is 11.6. The molecule has 26 heavy (non-hydrogen) atoms. The van der Waals surface area contributed by atoms with Crippen LogP contribution >= 0.6 is 0 Å². The molecule has 7 nitrogen and oxygen atoms in total. The third-order valence-corrected chi connectivity index (χ3v) is 3.80. The van der Waals surface area contributed by atoms with Gasteiger partial charge in [-0.15, -0.1) is 0 Å². The molecular weight excluding hydrogens is 338 g/mol. The summed E-state index contributed by atoms with van der Waals surface area (Å²) in [5.41, 5.74) is 1.01. The SMILES string of the molecule is O=C(COC(=O)c1ccc(CO)cc1)NC[C@H]1COc2ccccc2O1. The Balaban J connectivity index is 1.41. The number of benzene rings is 2. The van der Waals surface area contributed by atoms with Crippen molar-refractivity contribution in [2.45, 2.75) is 12.7 Å². The lowest BCUT2D eigenvalue weighted by molar-refractivity contribution is -0.124. The summed E-state index contributed by atoms with van der Waals surface area (Å²) in [6.45, 7) is 0.0874. The average Bonchev–Trinajstić information content (AvgIpc) is 2.70. The molecule has 2 aromatic carbocycles. The standard InChI is InChI=1S/C19H19NO6/c21-10-13-5-7-14(8-6-13)19(23)25-12-18(22)20-9-15-11-24-16-3-1-2-4-17(16)26-15/h1-8,15,21H,9-12H2,(H,20,22)/t15-/m0/s1. The van der Waals surface area contributed by atoms with Crippen LogP contribution in [0.15, 0.2) is 48.5 Å². The second-order valence-corrected chi connectivity index (χ2v) is 5.73. The van der Waals surface area contributed by atoms with E-state index in [0.717, 1.165) is 0 Å². The summed E-state index contributed by atoms with van der Waals surface area (Å²) in [6, 6.07) is 13.6. The van der Waals surface area contributed by atoms with E-state index in [1.165, 1.54) is 12.1 Å². The summed E-state index contributed by atoms with van der Waals surface area (Å²) >= 11 is 0. The Morgan fingerprint density at radius 3 is 2.58 bits per heavy atom. The Labute approximate surface area is 150 Å². The number of esters is 1. The van der Waals surface area contributed by atoms with E-state index >= 15 is 0 Å². The third kappa shape index (κ3) is 4.52. The van der Waals surface area contributed by atoms with Gasteiger partial charge in [0.15, 0.2) is 18.1 Å². The van der Waals surface area contributed by atoms with Crippen LogP contribution in [0.2, 0.25) is 0 Å². The second-order valence-electron chi connectivity index (χ2n) is 5.73. The van der Waals surface area contributed by atoms with E-state index in [1.54, 1.807) is 18.2 Å². The maximum absolute atomic E-state index is 11.9. The van der Waals surface area contributed by atoms with Crippen molar-refractivity contribution < 1.29 is 28.9 Å². The van der Waals surface area contributed by atoms with Gasteiger partial charge in [-0.1, -0.05) is 24.3 Å². The Morgan fingerprint density at radius 2 is 1.85 bits per heavy atom. The highest BCUT2D eigenvalue weighted by molar-refractivity contribution is 5.91. The Kier molecular flexibility index (Phi) is 5.70. The number of aliphatic hydroxyl groups is 1. The van der Waals surface area contributed by atoms with Crippen molar-refractivity contribution in [1.29, 1.82) is 0 Å². The number of nitrogens with one attached hydrogen (secondary N) is 1. The molecule has 1 atom stereocenters. The molecule has 0 spiro atoms. The highest BCUT2D eigenvalue weighted by Gasteiger charge is 2.21. The summed E-state index contributed by atoms with van der Waals surface area (Å²) in [5.74, 6) is 0.288. The predicted molar refractivity (Wildman–Crippen MR) is 92.0 cm³/mol. The number of carbonyl (C=O) groups excluding carboxylic acids is 2. The molecule has 7 heteroatoms. The van der Waals surface area contributed by atoms with Gasteiger partial charge >= 0.3 is 5.97 Å². The normalized spacial score (nSPS) is 15.2. The Hall–Kier alpha value is -3.06. The molecular formula is C19H19NO6. The van der Waals surface area contributed by atoms with Crippen LogP contribution in [0.5, 0.6) is 11.5 Å². The van der Waals surface area contributed by atoms with Crippen molar-refractivity contribution in [3.63, 3.8) is 0 Å². The molecule has 0 fully saturated rings. The molecule has 3 rings (SSSR count). The molecule has 1 aliphatic rings. The molecule has 1 aliphatic heterocycles. The zero-order chi connectivity index (χ0) is 18.4. The molecule has 0 saturated carbocycles. The van der Waals surface area contributed by atoms with Crippen LogP contribution in [0.25, 0.3) is 0 Å². The molecule has 0 saturated heterocycles. The highest BCUT2D eigenvalue weighted by atomic mass is 16.6. The van der Waals surface area contributed by atoms with Crippen LogP contribution < -0.4 is 14.8 Å². The fourth-order valence-corrected chi connectivity index (χ4v) is 2.40. The summed E-state index contributed by atoms with van der Waals surface area (Å²) in [7, 11) is 0. The Morgan fingerprint density at radius 1 is 1.12 bits per heavy atom. The zero-order valence-electron chi connectivity index (χ0n) is 14.0. The van der Waals surface area contributed by atoms with E-state index in [-0.39, 0.29) is 25.9 Å². The van der Waals surface area contributed by atoms with E-state index in [2.05, 4.69) is 5.32 Å². The molecule has 1 amide bonds. The fourth-order valence-electron chi connectivity index (χ4n) is 2.40. The lowest BCUT2D eigenvalue weighted by atomic mass is 10.1. The van der Waals surface area contributed by atoms with Gasteiger partial charge in [-0.25, -0.2) is 4.79 Å². The summed E-state index contributed by atoms with van der Waals surface area (Å²) in [4.78, 5) is 23.7. The van der Waals surface area contributed by atoms with Crippen LogP contribution in [-0.4, -0.2) is 42.8 Å². The summed E-state index contributed by atoms with van der Waals surface area (Å²) < 4.78 is 16.3. The molecule has 0 aromatic heterocycles. The van der Waals surface area contributed by atoms with Gasteiger partial charge in [0.2, 0.25) is 0 Å². The van der Waals surface area contributed by atoms with Gasteiger partial charge in [0.25, 0.3) is 5.91 Å². The second kappa shape index (κ2) is 8.35. The number of carbonyl (C=O) groups is 2. The highest BCUT2D eigenvalue weighted by Crippen LogP contribution is 2.30. The van der Waals surface area contributed by atoms with Gasteiger partial charge in [0.1, 0.15) is 12.7 Å². The minimum absolute atomic E-state index is 0.102. The molecule has 0 radical (unpaired) electrons. The molecule has 2 N–H and O–H groups in total. The summed E-state index contributed by atoms with van der Waals surface area (Å²) in [6.07, 6.45) is -0.310. The minimum Gasteiger partial charge on any atom is -0.486 e. The third-order valence-electron chi connectivity index (χ3n) is 3.80. The van der Waals surface area contributed by atoms with Crippen molar-refractivity contribution >= 4 is 11.9 Å². The van der Waals surface area contributed by atoms with Gasteiger partial charge in [-0.2, -0.15) is 0 Å². The topological polar surface area (TPSA) is 94.1 Å². The number of aliphatic hydroxyl groups excluding tert-OH is 1. The molecule has 0 bridgehead atoms. The van der Waals surface area contributed by atoms with E-state index in [1.807, 2.05) is 18.2 Å². The number of hydrogen-bond acceptors (Lipinski definition) is 6. The van der Waals surface area contributed by atoms with Gasteiger partial charge in [-0.05, 0) is 29.8 Å².